The molecular formula is C21H20N2O5. The fourth-order valence-corrected chi connectivity index (χ4v) is 2.91. The number of benzene rings is 2. The highest BCUT2D eigenvalue weighted by Crippen LogP contribution is 2.30. The first-order valence-electron chi connectivity index (χ1n) is 8.77. The molecule has 1 aliphatic rings. The van der Waals surface area contributed by atoms with Crippen molar-refractivity contribution < 1.29 is 24.2 Å². The molecule has 7 nitrogen and oxygen atoms in total. The average molecular weight is 380 g/mol. The molecule has 1 saturated heterocycles. The van der Waals surface area contributed by atoms with Crippen LogP contribution in [0.25, 0.3) is 6.08 Å². The second-order valence-electron chi connectivity index (χ2n) is 6.34. The molecule has 0 aromatic heterocycles. The largest absolute Gasteiger partial charge is 0.504 e. The second kappa shape index (κ2) is 7.56. The van der Waals surface area contributed by atoms with E-state index in [4.69, 9.17) is 4.74 Å². The normalized spacial score (nSPS) is 15.8. The molecule has 28 heavy (non-hydrogen) atoms. The highest BCUT2D eigenvalue weighted by Gasteiger charge is 2.37. The molecule has 2 aromatic rings. The predicted molar refractivity (Wildman–Crippen MR) is 104 cm³/mol. The molecule has 2 N–H and O–H groups in total. The molecule has 144 valence electrons. The standard InChI is InChI=1S/C21H20N2O5/c1-4-28-18-11-14(8-9-17(18)24)10-15-19(25)22-21(27)23(20(15)26)16-7-5-6-12(2)13(16)3/h5-11,24H,4H2,1-3H3,(H,22,25,27)/b15-10+. The van der Waals surface area contributed by atoms with Crippen molar-refractivity contribution in [1.29, 1.82) is 0 Å². The van der Waals surface area contributed by atoms with Gasteiger partial charge in [-0.25, -0.2) is 9.69 Å². The van der Waals surface area contributed by atoms with Crippen LogP contribution in [0, 0.1) is 13.8 Å². The number of ether oxygens (including phenoxy) is 1. The Morgan fingerprint density at radius 1 is 1.14 bits per heavy atom. The van der Waals surface area contributed by atoms with Crippen LogP contribution in [0.2, 0.25) is 0 Å². The quantitative estimate of drug-likeness (QED) is 0.628. The summed E-state index contributed by atoms with van der Waals surface area (Å²) in [5, 5.41) is 12.0. The van der Waals surface area contributed by atoms with Gasteiger partial charge >= 0.3 is 6.03 Å². The van der Waals surface area contributed by atoms with Crippen molar-refractivity contribution in [2.75, 3.05) is 11.5 Å². The molecule has 7 heteroatoms. The molecule has 1 fully saturated rings. The van der Waals surface area contributed by atoms with Crippen LogP contribution in [0.3, 0.4) is 0 Å². The molecule has 2 aromatic carbocycles. The second-order valence-corrected chi connectivity index (χ2v) is 6.34. The van der Waals surface area contributed by atoms with E-state index in [1.54, 1.807) is 32.0 Å². The SMILES string of the molecule is CCOc1cc(/C=C2\C(=O)NC(=O)N(c3cccc(C)c3C)C2=O)ccc1O. The van der Waals surface area contributed by atoms with Crippen molar-refractivity contribution in [3.05, 3.63) is 58.7 Å². The lowest BCUT2D eigenvalue weighted by Crippen LogP contribution is -2.54. The number of hydrogen-bond donors (Lipinski definition) is 2. The third-order valence-electron chi connectivity index (χ3n) is 4.51. The number of urea groups is 1. The fourth-order valence-electron chi connectivity index (χ4n) is 2.91. The van der Waals surface area contributed by atoms with E-state index in [0.29, 0.717) is 17.9 Å². The maximum Gasteiger partial charge on any atom is 0.335 e. The zero-order chi connectivity index (χ0) is 20.4. The number of aromatic hydroxyl groups is 1. The van der Waals surface area contributed by atoms with Crippen LogP contribution in [0.1, 0.15) is 23.6 Å². The van der Waals surface area contributed by atoms with Crippen molar-refractivity contribution in [2.24, 2.45) is 0 Å². The van der Waals surface area contributed by atoms with Gasteiger partial charge in [0.1, 0.15) is 5.57 Å². The van der Waals surface area contributed by atoms with E-state index in [0.717, 1.165) is 16.0 Å². The molecular weight excluding hydrogens is 360 g/mol. The predicted octanol–water partition coefficient (Wildman–Crippen LogP) is 3.07. The monoisotopic (exact) mass is 380 g/mol. The first-order valence-corrected chi connectivity index (χ1v) is 8.77. The number of amides is 4. The first-order chi connectivity index (χ1) is 13.3. The Kier molecular flexibility index (Phi) is 5.17. The Morgan fingerprint density at radius 2 is 1.89 bits per heavy atom. The third-order valence-corrected chi connectivity index (χ3v) is 4.51. The Morgan fingerprint density at radius 3 is 2.61 bits per heavy atom. The van der Waals surface area contributed by atoms with E-state index in [1.165, 1.54) is 18.2 Å². The lowest BCUT2D eigenvalue weighted by atomic mass is 10.0. The summed E-state index contributed by atoms with van der Waals surface area (Å²) in [5.74, 6) is -1.30. The Balaban J connectivity index is 2.04. The van der Waals surface area contributed by atoms with Crippen LogP contribution in [0.4, 0.5) is 10.5 Å². The summed E-state index contributed by atoms with van der Waals surface area (Å²) in [6, 6.07) is 8.96. The average Bonchev–Trinajstić information content (AvgIpc) is 2.64. The smallest absolute Gasteiger partial charge is 0.335 e. The third kappa shape index (κ3) is 3.46. The van der Waals surface area contributed by atoms with Crippen molar-refractivity contribution in [2.45, 2.75) is 20.8 Å². The minimum absolute atomic E-state index is 0.0457. The van der Waals surface area contributed by atoms with E-state index in [9.17, 15) is 19.5 Å². The summed E-state index contributed by atoms with van der Waals surface area (Å²) >= 11 is 0. The van der Waals surface area contributed by atoms with Crippen LogP contribution < -0.4 is 15.0 Å². The van der Waals surface area contributed by atoms with Gasteiger partial charge in [-0.1, -0.05) is 18.2 Å². The van der Waals surface area contributed by atoms with Gasteiger partial charge in [0.05, 0.1) is 12.3 Å². The number of carbonyl (C=O) groups is 3. The van der Waals surface area contributed by atoms with E-state index in [2.05, 4.69) is 5.32 Å². The summed E-state index contributed by atoms with van der Waals surface area (Å²) in [6.07, 6.45) is 1.37. The number of rotatable bonds is 4. The van der Waals surface area contributed by atoms with Crippen LogP contribution in [0.15, 0.2) is 42.0 Å². The topological polar surface area (TPSA) is 95.9 Å². The Bertz CT molecular complexity index is 1010. The molecule has 0 spiro atoms. The maximum absolute atomic E-state index is 13.0. The van der Waals surface area contributed by atoms with Gasteiger partial charge in [0.15, 0.2) is 11.5 Å². The number of barbiturate groups is 1. The summed E-state index contributed by atoms with van der Waals surface area (Å²) in [7, 11) is 0. The first kappa shape index (κ1) is 19.2. The molecule has 3 rings (SSSR count). The summed E-state index contributed by atoms with van der Waals surface area (Å²) in [5.41, 5.74) is 2.40. The van der Waals surface area contributed by atoms with Gasteiger partial charge in [-0.05, 0) is 61.7 Å². The van der Waals surface area contributed by atoms with Gasteiger partial charge in [0, 0.05) is 0 Å². The highest BCUT2D eigenvalue weighted by molar-refractivity contribution is 6.39. The molecule has 0 radical (unpaired) electrons. The lowest BCUT2D eigenvalue weighted by Gasteiger charge is -2.28. The number of carbonyl (C=O) groups excluding carboxylic acids is 3. The van der Waals surface area contributed by atoms with E-state index in [-0.39, 0.29) is 17.1 Å². The van der Waals surface area contributed by atoms with Crippen LogP contribution in [-0.4, -0.2) is 29.6 Å². The summed E-state index contributed by atoms with van der Waals surface area (Å²) < 4.78 is 5.33. The van der Waals surface area contributed by atoms with Crippen LogP contribution in [-0.2, 0) is 9.59 Å². The minimum atomic E-state index is -0.790. The van der Waals surface area contributed by atoms with E-state index < -0.39 is 17.8 Å². The summed E-state index contributed by atoms with van der Waals surface area (Å²) in [4.78, 5) is 38.6. The van der Waals surface area contributed by atoms with Gasteiger partial charge in [0.25, 0.3) is 11.8 Å². The molecule has 4 amide bonds. The molecule has 0 unspecified atom stereocenters. The Hall–Kier alpha value is -3.61. The lowest BCUT2D eigenvalue weighted by molar-refractivity contribution is -0.122. The molecule has 0 atom stereocenters. The van der Waals surface area contributed by atoms with E-state index in [1.807, 2.05) is 13.0 Å². The molecule has 0 bridgehead atoms. The number of hydrogen-bond acceptors (Lipinski definition) is 5. The molecule has 1 aliphatic heterocycles. The fraction of sp³-hybridized carbons (Fsp3) is 0.190. The summed E-state index contributed by atoms with van der Waals surface area (Å²) in [6.45, 7) is 5.80. The van der Waals surface area contributed by atoms with Crippen molar-refractivity contribution in [1.82, 2.24) is 5.32 Å². The van der Waals surface area contributed by atoms with Crippen LogP contribution in [0.5, 0.6) is 11.5 Å². The molecule has 0 aliphatic carbocycles. The van der Waals surface area contributed by atoms with Crippen molar-refractivity contribution in [3.63, 3.8) is 0 Å². The van der Waals surface area contributed by atoms with Gasteiger partial charge in [-0.3, -0.25) is 14.9 Å². The number of nitrogens with one attached hydrogen (secondary N) is 1. The number of aryl methyl sites for hydroxylation is 1. The molecule has 0 saturated carbocycles. The number of nitrogens with zero attached hydrogens (tertiary/aromatic N) is 1. The van der Waals surface area contributed by atoms with Crippen molar-refractivity contribution in [3.8, 4) is 11.5 Å². The van der Waals surface area contributed by atoms with Gasteiger partial charge in [0.2, 0.25) is 0 Å². The minimum Gasteiger partial charge on any atom is -0.504 e. The van der Waals surface area contributed by atoms with Gasteiger partial charge in [-0.15, -0.1) is 0 Å². The van der Waals surface area contributed by atoms with Crippen molar-refractivity contribution >= 4 is 29.6 Å². The zero-order valence-electron chi connectivity index (χ0n) is 15.8. The number of phenols is 1. The van der Waals surface area contributed by atoms with Gasteiger partial charge in [-0.2, -0.15) is 0 Å². The maximum atomic E-state index is 13.0. The Labute approximate surface area is 162 Å². The van der Waals surface area contributed by atoms with Crippen LogP contribution >= 0.6 is 0 Å². The van der Waals surface area contributed by atoms with Gasteiger partial charge < -0.3 is 9.84 Å². The molecule has 1 heterocycles. The zero-order valence-corrected chi connectivity index (χ0v) is 15.8. The highest BCUT2D eigenvalue weighted by atomic mass is 16.5. The van der Waals surface area contributed by atoms with E-state index >= 15 is 0 Å². The number of anilines is 1. The number of imide groups is 2. The number of phenolic OH excluding ortho intramolecular Hbond substituents is 1.